The minimum atomic E-state index is -0.0752. The van der Waals surface area contributed by atoms with Crippen LogP contribution in [-0.4, -0.2) is 41.6 Å². The smallest absolute Gasteiger partial charge is 0.260 e. The summed E-state index contributed by atoms with van der Waals surface area (Å²) < 4.78 is 11.1. The van der Waals surface area contributed by atoms with Crippen LogP contribution in [0, 0.1) is 18.3 Å². The number of aromatic nitrogens is 1. The highest BCUT2D eigenvalue weighted by Crippen LogP contribution is 2.17. The van der Waals surface area contributed by atoms with Crippen LogP contribution in [0.1, 0.15) is 11.1 Å². The van der Waals surface area contributed by atoms with Crippen LogP contribution < -0.4 is 9.47 Å². The molecule has 1 fully saturated rings. The summed E-state index contributed by atoms with van der Waals surface area (Å²) in [5.41, 5.74) is 1.63. The highest BCUT2D eigenvalue weighted by atomic mass is 16.5. The van der Waals surface area contributed by atoms with Crippen LogP contribution in [0.15, 0.2) is 42.6 Å². The molecule has 0 N–H and O–H groups in total. The molecule has 6 nitrogen and oxygen atoms in total. The first-order chi connectivity index (χ1) is 11.6. The lowest BCUT2D eigenvalue weighted by Crippen LogP contribution is -2.57. The van der Waals surface area contributed by atoms with Gasteiger partial charge in [0.1, 0.15) is 17.9 Å². The van der Waals surface area contributed by atoms with Crippen molar-refractivity contribution >= 4 is 5.91 Å². The van der Waals surface area contributed by atoms with Gasteiger partial charge in [0.25, 0.3) is 5.91 Å². The van der Waals surface area contributed by atoms with Gasteiger partial charge in [-0.3, -0.25) is 4.79 Å². The summed E-state index contributed by atoms with van der Waals surface area (Å²) in [5.74, 6) is 1.08. The van der Waals surface area contributed by atoms with E-state index in [0.29, 0.717) is 30.3 Å². The van der Waals surface area contributed by atoms with E-state index in [1.807, 2.05) is 37.3 Å². The summed E-state index contributed by atoms with van der Waals surface area (Å²) >= 11 is 0. The van der Waals surface area contributed by atoms with Crippen molar-refractivity contribution in [2.45, 2.75) is 13.0 Å². The Morgan fingerprint density at radius 2 is 2.04 bits per heavy atom. The zero-order valence-corrected chi connectivity index (χ0v) is 13.3. The van der Waals surface area contributed by atoms with E-state index in [2.05, 4.69) is 4.98 Å². The largest absolute Gasteiger partial charge is 0.484 e. The standard InChI is InChI=1S/C18H17N3O3/c1-13-2-5-15(6-3-13)23-12-18(22)21-10-16(11-21)24-17-7-4-14(8-19)9-20-17/h2-7,9,16H,10-12H2,1H3. The molecule has 24 heavy (non-hydrogen) atoms. The molecule has 6 heteroatoms. The molecule has 1 saturated heterocycles. The minimum Gasteiger partial charge on any atom is -0.484 e. The summed E-state index contributed by atoms with van der Waals surface area (Å²) in [5, 5.41) is 8.72. The van der Waals surface area contributed by atoms with Gasteiger partial charge in [0.05, 0.1) is 18.7 Å². The third-order valence-electron chi connectivity index (χ3n) is 3.74. The van der Waals surface area contributed by atoms with Crippen LogP contribution >= 0.6 is 0 Å². The number of nitriles is 1. The van der Waals surface area contributed by atoms with E-state index in [1.54, 1.807) is 17.0 Å². The molecule has 0 saturated carbocycles. The van der Waals surface area contributed by atoms with Gasteiger partial charge in [-0.2, -0.15) is 5.26 Å². The lowest BCUT2D eigenvalue weighted by molar-refractivity contribution is -0.142. The fourth-order valence-corrected chi connectivity index (χ4v) is 2.27. The van der Waals surface area contributed by atoms with Crippen molar-refractivity contribution < 1.29 is 14.3 Å². The van der Waals surface area contributed by atoms with Crippen LogP contribution in [0.3, 0.4) is 0 Å². The Kier molecular flexibility index (Phi) is 4.62. The number of ether oxygens (including phenoxy) is 2. The van der Waals surface area contributed by atoms with Gasteiger partial charge in [0.2, 0.25) is 5.88 Å². The Balaban J connectivity index is 1.41. The maximum Gasteiger partial charge on any atom is 0.260 e. The lowest BCUT2D eigenvalue weighted by Gasteiger charge is -2.38. The number of likely N-dealkylation sites (tertiary alicyclic amines) is 1. The van der Waals surface area contributed by atoms with Gasteiger partial charge in [-0.15, -0.1) is 0 Å². The van der Waals surface area contributed by atoms with Gasteiger partial charge in [-0.05, 0) is 25.1 Å². The van der Waals surface area contributed by atoms with Crippen molar-refractivity contribution in [1.29, 1.82) is 5.26 Å². The van der Waals surface area contributed by atoms with Crippen LogP contribution in [0.2, 0.25) is 0 Å². The van der Waals surface area contributed by atoms with Crippen molar-refractivity contribution in [3.63, 3.8) is 0 Å². The molecule has 1 aromatic heterocycles. The maximum atomic E-state index is 12.0. The first-order valence-electron chi connectivity index (χ1n) is 7.64. The van der Waals surface area contributed by atoms with Crippen molar-refractivity contribution in [3.05, 3.63) is 53.7 Å². The summed E-state index contributed by atoms with van der Waals surface area (Å²) in [6, 6.07) is 12.9. The number of pyridine rings is 1. The zero-order chi connectivity index (χ0) is 16.9. The monoisotopic (exact) mass is 323 g/mol. The summed E-state index contributed by atoms with van der Waals surface area (Å²) in [6.07, 6.45) is 1.39. The van der Waals surface area contributed by atoms with Gasteiger partial charge in [0, 0.05) is 12.3 Å². The number of benzene rings is 1. The number of aryl methyl sites for hydroxylation is 1. The summed E-state index contributed by atoms with van der Waals surface area (Å²) in [6.45, 7) is 3.04. The van der Waals surface area contributed by atoms with E-state index >= 15 is 0 Å². The highest BCUT2D eigenvalue weighted by Gasteiger charge is 2.32. The molecule has 0 atom stereocenters. The first kappa shape index (κ1) is 15.8. The fourth-order valence-electron chi connectivity index (χ4n) is 2.27. The van der Waals surface area contributed by atoms with E-state index in [4.69, 9.17) is 14.7 Å². The number of nitrogens with zero attached hydrogens (tertiary/aromatic N) is 3. The molecule has 1 aromatic carbocycles. The SMILES string of the molecule is Cc1ccc(OCC(=O)N2CC(Oc3ccc(C#N)cn3)C2)cc1. The molecular formula is C18H17N3O3. The third-order valence-corrected chi connectivity index (χ3v) is 3.74. The Labute approximate surface area is 140 Å². The van der Waals surface area contributed by atoms with Crippen molar-refractivity contribution in [3.8, 4) is 17.7 Å². The Morgan fingerprint density at radius 3 is 2.67 bits per heavy atom. The molecule has 2 aromatic rings. The number of carbonyl (C=O) groups is 1. The molecule has 0 bridgehead atoms. The molecular weight excluding hydrogens is 306 g/mol. The average Bonchev–Trinajstić information content (AvgIpc) is 2.57. The molecule has 0 radical (unpaired) electrons. The number of carbonyl (C=O) groups excluding carboxylic acids is 1. The molecule has 1 aliphatic heterocycles. The Hall–Kier alpha value is -3.07. The Bertz CT molecular complexity index is 745. The second-order valence-corrected chi connectivity index (χ2v) is 5.64. The van der Waals surface area contributed by atoms with E-state index in [-0.39, 0.29) is 18.6 Å². The van der Waals surface area contributed by atoms with Crippen LogP contribution in [0.4, 0.5) is 0 Å². The van der Waals surface area contributed by atoms with Gasteiger partial charge in [0.15, 0.2) is 6.61 Å². The fraction of sp³-hybridized carbons (Fsp3) is 0.278. The summed E-state index contributed by atoms with van der Waals surface area (Å²) in [4.78, 5) is 17.8. The van der Waals surface area contributed by atoms with Crippen molar-refractivity contribution in [1.82, 2.24) is 9.88 Å². The van der Waals surface area contributed by atoms with E-state index in [9.17, 15) is 4.79 Å². The number of amides is 1. The molecule has 122 valence electrons. The van der Waals surface area contributed by atoms with Gasteiger partial charge in [-0.1, -0.05) is 17.7 Å². The molecule has 0 aliphatic carbocycles. The number of hydrogen-bond acceptors (Lipinski definition) is 5. The van der Waals surface area contributed by atoms with Crippen molar-refractivity contribution in [2.24, 2.45) is 0 Å². The second-order valence-electron chi connectivity index (χ2n) is 5.64. The molecule has 2 heterocycles. The first-order valence-corrected chi connectivity index (χ1v) is 7.64. The van der Waals surface area contributed by atoms with Crippen LogP contribution in [0.5, 0.6) is 11.6 Å². The van der Waals surface area contributed by atoms with Gasteiger partial charge < -0.3 is 14.4 Å². The highest BCUT2D eigenvalue weighted by molar-refractivity contribution is 5.78. The quantitative estimate of drug-likeness (QED) is 0.840. The van der Waals surface area contributed by atoms with E-state index in [0.717, 1.165) is 5.56 Å². The summed E-state index contributed by atoms with van der Waals surface area (Å²) in [7, 11) is 0. The number of hydrogen-bond donors (Lipinski definition) is 0. The van der Waals surface area contributed by atoms with E-state index in [1.165, 1.54) is 6.20 Å². The zero-order valence-electron chi connectivity index (χ0n) is 13.3. The van der Waals surface area contributed by atoms with Gasteiger partial charge >= 0.3 is 0 Å². The molecule has 1 aliphatic rings. The van der Waals surface area contributed by atoms with Crippen molar-refractivity contribution in [2.75, 3.05) is 19.7 Å². The van der Waals surface area contributed by atoms with E-state index < -0.39 is 0 Å². The Morgan fingerprint density at radius 1 is 1.29 bits per heavy atom. The minimum absolute atomic E-state index is 0.0187. The lowest BCUT2D eigenvalue weighted by atomic mass is 10.1. The molecule has 0 unspecified atom stereocenters. The normalized spacial score (nSPS) is 13.8. The predicted octanol–water partition coefficient (Wildman–Crippen LogP) is 1.93. The average molecular weight is 323 g/mol. The number of rotatable bonds is 5. The molecule has 3 rings (SSSR count). The maximum absolute atomic E-state index is 12.0. The third kappa shape index (κ3) is 3.82. The predicted molar refractivity (Wildman–Crippen MR) is 86.6 cm³/mol. The van der Waals surface area contributed by atoms with Crippen LogP contribution in [0.25, 0.3) is 0 Å². The molecule has 0 spiro atoms. The van der Waals surface area contributed by atoms with Gasteiger partial charge in [-0.25, -0.2) is 4.98 Å². The molecule has 1 amide bonds. The second kappa shape index (κ2) is 7.01. The van der Waals surface area contributed by atoms with Crippen LogP contribution in [-0.2, 0) is 4.79 Å². The topological polar surface area (TPSA) is 75.4 Å².